The Balaban J connectivity index is 3.03. The summed E-state index contributed by atoms with van der Waals surface area (Å²) < 4.78 is 5.18. The molecule has 1 heterocycles. The van der Waals surface area contributed by atoms with Crippen LogP contribution in [0.15, 0.2) is 15.9 Å². The molecular formula is C6H7N3O4. The van der Waals surface area contributed by atoms with E-state index in [0.29, 0.717) is 0 Å². The number of carbonyl (C=O) groups is 1. The first kappa shape index (κ1) is 9.17. The van der Waals surface area contributed by atoms with Gasteiger partial charge >= 0.3 is 17.1 Å². The molecule has 0 amide bonds. The van der Waals surface area contributed by atoms with Gasteiger partial charge in [0.2, 0.25) is 0 Å². The molecule has 0 bridgehead atoms. The highest BCUT2D eigenvalue weighted by molar-refractivity contribution is 5.68. The highest BCUT2D eigenvalue weighted by atomic mass is 16.5. The predicted octanol–water partition coefficient (Wildman–Crippen LogP) is -1.90. The van der Waals surface area contributed by atoms with Crippen LogP contribution in [0.4, 0.5) is 0 Å². The number of aromatic amines is 1. The summed E-state index contributed by atoms with van der Waals surface area (Å²) in [5.74, 6) is -0.616. The molecule has 13 heavy (non-hydrogen) atoms. The molecule has 1 aromatic rings. The van der Waals surface area contributed by atoms with Crippen LogP contribution in [0.5, 0.6) is 0 Å². The minimum absolute atomic E-state index is 0.313. The molecular weight excluding hydrogens is 178 g/mol. The van der Waals surface area contributed by atoms with Crippen LogP contribution in [0.25, 0.3) is 0 Å². The van der Waals surface area contributed by atoms with E-state index in [-0.39, 0.29) is 6.54 Å². The SMILES string of the molecule is COC(=O)Cn1cn[nH]c(=O)c1=O. The van der Waals surface area contributed by atoms with Gasteiger partial charge < -0.3 is 4.74 Å². The predicted molar refractivity (Wildman–Crippen MR) is 41.1 cm³/mol. The molecule has 1 aromatic heterocycles. The van der Waals surface area contributed by atoms with Crippen LogP contribution >= 0.6 is 0 Å². The highest BCUT2D eigenvalue weighted by Crippen LogP contribution is 1.78. The van der Waals surface area contributed by atoms with Gasteiger partial charge in [-0.05, 0) is 0 Å². The lowest BCUT2D eigenvalue weighted by Crippen LogP contribution is -2.38. The number of aromatic nitrogens is 3. The topological polar surface area (TPSA) is 94.1 Å². The number of carbonyl (C=O) groups excluding carboxylic acids is 1. The fourth-order valence-corrected chi connectivity index (χ4v) is 0.704. The van der Waals surface area contributed by atoms with Crippen molar-refractivity contribution in [1.82, 2.24) is 14.8 Å². The third-order valence-corrected chi connectivity index (χ3v) is 1.35. The Morgan fingerprint density at radius 2 is 2.38 bits per heavy atom. The number of hydrogen-bond acceptors (Lipinski definition) is 5. The van der Waals surface area contributed by atoms with Crippen LogP contribution in [-0.4, -0.2) is 27.8 Å². The largest absolute Gasteiger partial charge is 0.468 e. The van der Waals surface area contributed by atoms with Crippen LogP contribution in [-0.2, 0) is 16.1 Å². The molecule has 70 valence electrons. The molecule has 0 aromatic carbocycles. The van der Waals surface area contributed by atoms with Gasteiger partial charge in [-0.15, -0.1) is 0 Å². The zero-order valence-electron chi connectivity index (χ0n) is 6.81. The highest BCUT2D eigenvalue weighted by Gasteiger charge is 2.05. The first-order valence-corrected chi connectivity index (χ1v) is 3.36. The fourth-order valence-electron chi connectivity index (χ4n) is 0.704. The smallest absolute Gasteiger partial charge is 0.330 e. The van der Waals surface area contributed by atoms with E-state index in [2.05, 4.69) is 9.84 Å². The first-order valence-electron chi connectivity index (χ1n) is 3.36. The summed E-state index contributed by atoms with van der Waals surface area (Å²) in [5.41, 5.74) is -1.70. The number of ether oxygens (including phenoxy) is 1. The molecule has 0 aliphatic rings. The van der Waals surface area contributed by atoms with E-state index in [1.807, 2.05) is 5.10 Å². The number of nitrogens with zero attached hydrogens (tertiary/aromatic N) is 2. The van der Waals surface area contributed by atoms with Gasteiger partial charge in [-0.3, -0.25) is 19.0 Å². The van der Waals surface area contributed by atoms with Crippen molar-refractivity contribution in [3.05, 3.63) is 27.0 Å². The monoisotopic (exact) mass is 185 g/mol. The molecule has 0 aliphatic carbocycles. The van der Waals surface area contributed by atoms with Crippen LogP contribution in [0.3, 0.4) is 0 Å². The number of methoxy groups -OCH3 is 1. The number of hydrogen-bond donors (Lipinski definition) is 1. The van der Waals surface area contributed by atoms with Crippen molar-refractivity contribution in [2.75, 3.05) is 7.11 Å². The Morgan fingerprint density at radius 3 is 3.00 bits per heavy atom. The van der Waals surface area contributed by atoms with Crippen molar-refractivity contribution in [3.63, 3.8) is 0 Å². The van der Waals surface area contributed by atoms with Crippen LogP contribution in [0.2, 0.25) is 0 Å². The van der Waals surface area contributed by atoms with Crippen molar-refractivity contribution >= 4 is 5.97 Å². The van der Waals surface area contributed by atoms with E-state index in [1.54, 1.807) is 0 Å². The van der Waals surface area contributed by atoms with E-state index >= 15 is 0 Å². The second kappa shape index (κ2) is 3.65. The van der Waals surface area contributed by atoms with Crippen molar-refractivity contribution in [3.8, 4) is 0 Å². The quantitative estimate of drug-likeness (QED) is 0.429. The summed E-state index contributed by atoms with van der Waals surface area (Å²) in [7, 11) is 1.19. The van der Waals surface area contributed by atoms with Gasteiger partial charge in [-0.1, -0.05) is 0 Å². The second-order valence-electron chi connectivity index (χ2n) is 2.19. The van der Waals surface area contributed by atoms with E-state index in [0.717, 1.165) is 10.9 Å². The maximum absolute atomic E-state index is 11.0. The lowest BCUT2D eigenvalue weighted by atomic mass is 10.6. The zero-order valence-corrected chi connectivity index (χ0v) is 6.81. The normalized spacial score (nSPS) is 9.62. The molecule has 0 spiro atoms. The van der Waals surface area contributed by atoms with Crippen LogP contribution < -0.4 is 11.1 Å². The summed E-state index contributed by atoms with van der Waals surface area (Å²) in [6.45, 7) is -0.313. The Bertz CT molecular complexity index is 418. The number of esters is 1. The van der Waals surface area contributed by atoms with Crippen molar-refractivity contribution < 1.29 is 9.53 Å². The number of rotatable bonds is 2. The maximum atomic E-state index is 11.0. The lowest BCUT2D eigenvalue weighted by molar-refractivity contribution is -0.141. The Hall–Kier alpha value is -1.92. The van der Waals surface area contributed by atoms with Gasteiger partial charge in [0, 0.05) is 0 Å². The molecule has 0 saturated carbocycles. The maximum Gasteiger partial charge on any atom is 0.330 e. The van der Waals surface area contributed by atoms with Gasteiger partial charge in [0.1, 0.15) is 12.9 Å². The van der Waals surface area contributed by atoms with Crippen molar-refractivity contribution in [1.29, 1.82) is 0 Å². The summed E-state index contributed by atoms with van der Waals surface area (Å²) in [6.07, 6.45) is 1.06. The standard InChI is InChI=1S/C6H7N3O4/c1-13-4(10)2-9-3-7-8-5(11)6(9)12/h3H,2H2,1H3,(H,8,11). The lowest BCUT2D eigenvalue weighted by Gasteiger charge is -2.00. The molecule has 0 saturated heterocycles. The molecule has 0 radical (unpaired) electrons. The Morgan fingerprint density at radius 1 is 1.69 bits per heavy atom. The first-order chi connectivity index (χ1) is 6.15. The fraction of sp³-hybridized carbons (Fsp3) is 0.333. The van der Waals surface area contributed by atoms with E-state index in [1.165, 1.54) is 7.11 Å². The molecule has 7 heteroatoms. The molecule has 1 N–H and O–H groups in total. The van der Waals surface area contributed by atoms with Crippen molar-refractivity contribution in [2.45, 2.75) is 6.54 Å². The minimum Gasteiger partial charge on any atom is -0.468 e. The summed E-state index contributed by atoms with van der Waals surface area (Å²) in [6, 6.07) is 0. The second-order valence-corrected chi connectivity index (χ2v) is 2.19. The van der Waals surface area contributed by atoms with Crippen LogP contribution in [0, 0.1) is 0 Å². The molecule has 0 unspecified atom stereocenters. The van der Waals surface area contributed by atoms with Gasteiger partial charge in [0.05, 0.1) is 7.11 Å². The van der Waals surface area contributed by atoms with Gasteiger partial charge in [0.25, 0.3) is 0 Å². The van der Waals surface area contributed by atoms with Gasteiger partial charge in [-0.2, -0.15) is 5.10 Å². The third kappa shape index (κ3) is 2.01. The minimum atomic E-state index is -0.869. The third-order valence-electron chi connectivity index (χ3n) is 1.35. The van der Waals surface area contributed by atoms with Gasteiger partial charge in [-0.25, -0.2) is 5.10 Å². The van der Waals surface area contributed by atoms with E-state index in [4.69, 9.17) is 0 Å². The number of nitrogens with one attached hydrogen (secondary N) is 1. The van der Waals surface area contributed by atoms with Crippen LogP contribution in [0.1, 0.15) is 0 Å². The molecule has 0 aliphatic heterocycles. The summed E-state index contributed by atoms with van der Waals surface area (Å²) in [4.78, 5) is 32.4. The summed E-state index contributed by atoms with van der Waals surface area (Å²) >= 11 is 0. The van der Waals surface area contributed by atoms with Gasteiger partial charge in [0.15, 0.2) is 0 Å². The Kier molecular flexibility index (Phi) is 2.58. The average molecular weight is 185 g/mol. The summed E-state index contributed by atoms with van der Waals surface area (Å²) in [5, 5.41) is 5.29. The van der Waals surface area contributed by atoms with E-state index < -0.39 is 17.1 Å². The number of H-pyrrole nitrogens is 1. The van der Waals surface area contributed by atoms with Crippen molar-refractivity contribution in [2.24, 2.45) is 0 Å². The van der Waals surface area contributed by atoms with E-state index in [9.17, 15) is 14.4 Å². The average Bonchev–Trinajstić information content (AvgIpc) is 2.13. The Labute approximate surface area is 72.0 Å². The molecule has 7 nitrogen and oxygen atoms in total. The zero-order chi connectivity index (χ0) is 9.84. The molecule has 1 rings (SSSR count). The molecule has 0 fully saturated rings. The molecule has 0 atom stereocenters.